The van der Waals surface area contributed by atoms with Gasteiger partial charge in [-0.05, 0) is 5.70 Å². The summed E-state index contributed by atoms with van der Waals surface area (Å²) in [6, 6.07) is -3.25. The molecule has 0 saturated heterocycles. The molecule has 60 valence electrons. The number of hydrogen-bond acceptors (Lipinski definition) is 0. The summed E-state index contributed by atoms with van der Waals surface area (Å²) in [7, 11) is 0. The molecule has 0 fully saturated rings. The molecule has 0 rings (SSSR count). The second-order valence-corrected chi connectivity index (χ2v) is 9.94. The predicted molar refractivity (Wildman–Crippen MR) is 38.5 cm³/mol. The highest BCUT2D eigenvalue weighted by Crippen LogP contribution is 2.24. The third kappa shape index (κ3) is 8.62. The van der Waals surface area contributed by atoms with Crippen molar-refractivity contribution in [3.05, 3.63) is 11.8 Å². The zero-order valence-electron chi connectivity index (χ0n) is 4.42. The topological polar surface area (TPSA) is 0 Å². The highest BCUT2D eigenvalue weighted by Gasteiger charge is 2.27. The Morgan fingerprint density at radius 2 is 1.50 bits per heavy atom. The van der Waals surface area contributed by atoms with Crippen LogP contribution in [0, 0.1) is 0 Å². The summed E-state index contributed by atoms with van der Waals surface area (Å²) in [4.78, 5) is 0. The van der Waals surface area contributed by atoms with Gasteiger partial charge in [0, 0.05) is 6.08 Å². The molecule has 0 spiro atoms. The van der Waals surface area contributed by atoms with Crippen LogP contribution in [0.1, 0.15) is 0 Å². The number of hydrogen-bond donors (Lipinski definition) is 0. The van der Waals surface area contributed by atoms with Crippen LogP contribution in [-0.2, 0) is 0 Å². The van der Waals surface area contributed by atoms with Crippen LogP contribution in [0.25, 0.3) is 0 Å². The molecule has 0 unspecified atom stereocenters. The molecule has 0 radical (unpaired) electrons. The zero-order valence-corrected chi connectivity index (χ0v) is 7.69. The van der Waals surface area contributed by atoms with Crippen LogP contribution >= 0.6 is 33.2 Å². The van der Waals surface area contributed by atoms with E-state index < -0.39 is 12.2 Å². The Morgan fingerprint density at radius 3 is 1.60 bits per heavy atom. The zero-order chi connectivity index (χ0) is 8.41. The molecule has 0 atom stereocenters. The van der Waals surface area contributed by atoms with Crippen LogP contribution in [-0.4, -0.2) is 12.2 Å². The van der Waals surface area contributed by atoms with E-state index in [1.807, 2.05) is 0 Å². The van der Waals surface area contributed by atoms with Gasteiger partial charge in [0.25, 0.3) is 0 Å². The van der Waals surface area contributed by atoms with Crippen molar-refractivity contribution < 1.29 is 13.2 Å². The summed E-state index contributed by atoms with van der Waals surface area (Å²) in [5, 5.41) is 0. The number of allylic oxidation sites excluding steroid dienone is 1. The Balaban J connectivity index is 4.01. The fourth-order valence-electron chi connectivity index (χ4n) is 0.189. The smallest absolute Gasteiger partial charge is 0.167 e. The van der Waals surface area contributed by atoms with Gasteiger partial charge < -0.3 is 0 Å². The molecule has 0 aromatic carbocycles. The summed E-state index contributed by atoms with van der Waals surface area (Å²) >= 11 is 15.4. The fraction of sp³-hybridized carbons (Fsp3) is 0.333. The quantitative estimate of drug-likeness (QED) is 0.478. The minimum atomic E-state index is -4.39. The molecule has 0 bridgehead atoms. The molecule has 0 N–H and O–H groups in total. The lowest BCUT2D eigenvalue weighted by Crippen LogP contribution is -2.09. The third-order valence-corrected chi connectivity index (χ3v) is 2.14. The highest BCUT2D eigenvalue weighted by atomic mass is 35.8. The molecular formula is C3H2Cl3F3Si. The van der Waals surface area contributed by atoms with Gasteiger partial charge in [0.05, 0.1) is 0 Å². The predicted octanol–water partition coefficient (Wildman–Crippen LogP) is 3.30. The summed E-state index contributed by atoms with van der Waals surface area (Å²) < 4.78 is 34.0. The fourth-order valence-corrected chi connectivity index (χ4v) is 1.13. The van der Waals surface area contributed by atoms with E-state index >= 15 is 0 Å². The molecule has 0 aromatic heterocycles. The van der Waals surface area contributed by atoms with Crippen LogP contribution in [0.3, 0.4) is 0 Å². The van der Waals surface area contributed by atoms with E-state index in [1.165, 1.54) is 0 Å². The third-order valence-electron chi connectivity index (χ3n) is 0.461. The second kappa shape index (κ2) is 3.34. The summed E-state index contributed by atoms with van der Waals surface area (Å²) in [5.74, 6) is 0. The molecule has 0 aliphatic heterocycles. The summed E-state index contributed by atoms with van der Waals surface area (Å²) in [6.45, 7) is 0. The molecule has 10 heavy (non-hydrogen) atoms. The van der Waals surface area contributed by atoms with Gasteiger partial charge in [-0.2, -0.15) is 13.2 Å². The summed E-state index contributed by atoms with van der Waals surface area (Å²) in [6.07, 6.45) is -4.46. The Hall–Kier alpha value is 0.617. The van der Waals surface area contributed by atoms with Gasteiger partial charge in [-0.1, -0.05) is 0 Å². The van der Waals surface area contributed by atoms with Crippen molar-refractivity contribution in [1.29, 1.82) is 0 Å². The van der Waals surface area contributed by atoms with Crippen molar-refractivity contribution in [2.24, 2.45) is 0 Å². The first kappa shape index (κ1) is 10.6. The largest absolute Gasteiger partial charge is 0.409 e. The van der Waals surface area contributed by atoms with E-state index in [0.717, 1.165) is 0 Å². The van der Waals surface area contributed by atoms with Crippen molar-refractivity contribution in [3.63, 3.8) is 0 Å². The molecule has 0 aromatic rings. The van der Waals surface area contributed by atoms with Crippen molar-refractivity contribution in [1.82, 2.24) is 0 Å². The lowest BCUT2D eigenvalue weighted by molar-refractivity contribution is -0.0797. The van der Waals surface area contributed by atoms with Gasteiger partial charge in [0.1, 0.15) is 0 Å². The molecular weight excluding hydrogens is 227 g/mol. The van der Waals surface area contributed by atoms with E-state index in [1.54, 1.807) is 0 Å². The van der Waals surface area contributed by atoms with Crippen LogP contribution in [0.5, 0.6) is 0 Å². The van der Waals surface area contributed by atoms with E-state index in [-0.39, 0.29) is 6.08 Å². The Kier molecular flexibility index (Phi) is 3.55. The second-order valence-electron chi connectivity index (χ2n) is 1.42. The average molecular weight is 229 g/mol. The Morgan fingerprint density at radius 1 is 1.10 bits per heavy atom. The Bertz CT molecular complexity index is 119. The molecule has 0 heterocycles. The van der Waals surface area contributed by atoms with E-state index in [9.17, 15) is 13.2 Å². The first-order valence-electron chi connectivity index (χ1n) is 2.04. The SMILES string of the molecule is FC(F)(F)C=C[Si](Cl)(Cl)Cl. The van der Waals surface area contributed by atoms with E-state index in [0.29, 0.717) is 5.70 Å². The minimum Gasteiger partial charge on any atom is -0.167 e. The van der Waals surface area contributed by atoms with Crippen LogP contribution in [0.4, 0.5) is 13.2 Å². The van der Waals surface area contributed by atoms with Crippen molar-refractivity contribution in [2.75, 3.05) is 0 Å². The monoisotopic (exact) mass is 228 g/mol. The summed E-state index contributed by atoms with van der Waals surface area (Å²) in [5.41, 5.74) is 0.581. The lowest BCUT2D eigenvalue weighted by atomic mass is 10.6. The highest BCUT2D eigenvalue weighted by molar-refractivity contribution is 7.66. The lowest BCUT2D eigenvalue weighted by Gasteiger charge is -2.00. The normalized spacial score (nSPS) is 14.6. The van der Waals surface area contributed by atoms with Gasteiger partial charge in [0.15, 0.2) is 0 Å². The van der Waals surface area contributed by atoms with E-state index in [2.05, 4.69) is 0 Å². The van der Waals surface area contributed by atoms with Crippen molar-refractivity contribution in [3.8, 4) is 0 Å². The average Bonchev–Trinajstić information content (AvgIpc) is 1.57. The number of halogens is 6. The Labute approximate surface area is 70.7 Å². The van der Waals surface area contributed by atoms with Crippen LogP contribution < -0.4 is 0 Å². The van der Waals surface area contributed by atoms with Gasteiger partial charge in [0.2, 0.25) is 0 Å². The van der Waals surface area contributed by atoms with Crippen molar-refractivity contribution >= 4 is 39.2 Å². The molecule has 0 nitrogen and oxygen atoms in total. The minimum absolute atomic E-state index is 0.0633. The van der Waals surface area contributed by atoms with Crippen LogP contribution in [0.2, 0.25) is 0 Å². The van der Waals surface area contributed by atoms with Gasteiger partial charge in [-0.3, -0.25) is 0 Å². The molecule has 0 amide bonds. The van der Waals surface area contributed by atoms with Crippen molar-refractivity contribution in [2.45, 2.75) is 6.18 Å². The first-order valence-corrected chi connectivity index (χ1v) is 7.16. The van der Waals surface area contributed by atoms with Gasteiger partial charge in [-0.25, -0.2) is 0 Å². The molecule has 0 aliphatic rings. The maximum atomic E-state index is 11.3. The number of alkyl halides is 3. The molecule has 0 saturated carbocycles. The van der Waals surface area contributed by atoms with E-state index in [4.69, 9.17) is 33.2 Å². The first-order chi connectivity index (χ1) is 4.21. The molecule has 7 heteroatoms. The van der Waals surface area contributed by atoms with Crippen LogP contribution in [0.15, 0.2) is 11.8 Å². The standard InChI is InChI=1S/C3H2Cl3F3Si/c4-10(5,6)2-1-3(7,8)9/h1-2H. The number of rotatable bonds is 1. The maximum absolute atomic E-state index is 11.3. The maximum Gasteiger partial charge on any atom is 0.409 e. The van der Waals surface area contributed by atoms with Gasteiger partial charge >= 0.3 is 12.2 Å². The van der Waals surface area contributed by atoms with Gasteiger partial charge in [-0.15, -0.1) is 33.2 Å². The molecule has 0 aliphatic carbocycles.